The van der Waals surface area contributed by atoms with E-state index in [1.54, 1.807) is 5.56 Å². The monoisotopic (exact) mass is 1630 g/mol. The maximum atomic E-state index is 2.57. The molecule has 0 heterocycles. The van der Waals surface area contributed by atoms with Crippen molar-refractivity contribution in [3.8, 4) is 33.4 Å². The first-order chi connectivity index (χ1) is 60.8. The van der Waals surface area contributed by atoms with Gasteiger partial charge in [-0.05, 0) is 327 Å². The first-order valence-electron chi connectivity index (χ1n) is 48.9. The molecule has 0 saturated heterocycles. The van der Waals surface area contributed by atoms with E-state index in [4.69, 9.17) is 0 Å². The van der Waals surface area contributed by atoms with Crippen LogP contribution in [0.4, 0.5) is 51.2 Å². The van der Waals surface area contributed by atoms with Crippen molar-refractivity contribution in [2.45, 2.75) is 286 Å². The molecule has 6 fully saturated rings. The van der Waals surface area contributed by atoms with Crippen LogP contribution in [0.2, 0.25) is 0 Å². The Morgan fingerprint density at radius 3 is 0.919 bits per heavy atom. The van der Waals surface area contributed by atoms with Crippen LogP contribution in [0.1, 0.15) is 336 Å². The molecule has 0 bridgehead atoms. The van der Waals surface area contributed by atoms with Gasteiger partial charge in [-0.2, -0.15) is 0 Å². The molecule has 630 valence electrons. The Labute approximate surface area is 742 Å². The zero-order valence-corrected chi connectivity index (χ0v) is 75.2. The molecule has 0 amide bonds. The van der Waals surface area contributed by atoms with Crippen LogP contribution in [-0.4, -0.2) is 0 Å². The van der Waals surface area contributed by atoms with Crippen LogP contribution in [0.3, 0.4) is 0 Å². The number of fused-ring (bicyclic) bond motifs is 10. The molecule has 3 heteroatoms. The zero-order valence-electron chi connectivity index (χ0n) is 75.2. The van der Waals surface area contributed by atoms with E-state index in [9.17, 15) is 0 Å². The third-order valence-electron chi connectivity index (χ3n) is 31.8. The van der Waals surface area contributed by atoms with Gasteiger partial charge in [0.1, 0.15) is 0 Å². The molecule has 0 aliphatic heterocycles. The van der Waals surface area contributed by atoms with Crippen LogP contribution < -0.4 is 14.7 Å². The standard InChI is InChI=1S/C43H45N.2C39H43N/c1-43(2)41-28-35(31-13-7-4-8-14-31)20-25-39(41)40-26-24-38(29-42(40)43)44(37-23-19-32-15-9-10-16-34(32)27-37)36-21-17-33(18-22-36)30-11-5-3-6-12-30;1-39(2)36-19-11-9-18-34(36)35-26-25-32(27-37(35)39)40(31-23-21-29(22-24-31)28-13-5-3-6-14-28)38-20-12-10-17-33(38)30-15-7-4-8-16-30;1-39(2)37-19-10-9-18-35(37)36-25-24-34(27-38(36)39)40(32-22-20-30(21-23-32)28-12-5-3-6-13-28)33-17-11-16-31(26-33)29-14-7-4-8-15-29/h9-10,15-31H,3-8,11-14H2,1-2H3;9-12,17-28,30H,3-8,13-16H2,1-2H3;9-11,16-29H,3-8,12-15H2,1-2H3. The summed E-state index contributed by atoms with van der Waals surface area (Å²) in [6.07, 6.45) is 40.7. The van der Waals surface area contributed by atoms with Gasteiger partial charge in [0.25, 0.3) is 0 Å². The van der Waals surface area contributed by atoms with Crippen molar-refractivity contribution in [1.82, 2.24) is 0 Å². The third kappa shape index (κ3) is 16.1. The van der Waals surface area contributed by atoms with E-state index in [1.165, 1.54) is 349 Å². The summed E-state index contributed by atoms with van der Waals surface area (Å²) in [5.74, 6) is 4.23. The minimum Gasteiger partial charge on any atom is -0.310 e. The first kappa shape index (κ1) is 81.8. The molecule has 0 spiro atoms. The minimum atomic E-state index is -0.0365. The van der Waals surface area contributed by atoms with Crippen LogP contribution in [-0.2, 0) is 16.2 Å². The van der Waals surface area contributed by atoms with Crippen molar-refractivity contribution >= 4 is 62.0 Å². The van der Waals surface area contributed by atoms with E-state index in [0.717, 1.165) is 17.8 Å². The molecule has 124 heavy (non-hydrogen) atoms. The third-order valence-corrected chi connectivity index (χ3v) is 31.8. The van der Waals surface area contributed by atoms with Gasteiger partial charge in [0.15, 0.2) is 0 Å². The van der Waals surface area contributed by atoms with Crippen LogP contribution in [0.15, 0.2) is 285 Å². The maximum Gasteiger partial charge on any atom is 0.0496 e. The number of hydrogen-bond donors (Lipinski definition) is 0. The fourth-order valence-electron chi connectivity index (χ4n) is 24.7. The van der Waals surface area contributed by atoms with Gasteiger partial charge in [0, 0.05) is 67.4 Å². The van der Waals surface area contributed by atoms with Crippen molar-refractivity contribution in [3.05, 3.63) is 352 Å². The highest BCUT2D eigenvalue weighted by Crippen LogP contribution is 2.57. The van der Waals surface area contributed by atoms with Crippen molar-refractivity contribution in [2.24, 2.45) is 0 Å². The van der Waals surface area contributed by atoms with E-state index >= 15 is 0 Å². The minimum absolute atomic E-state index is 0.0115. The molecular weight excluding hydrogens is 1500 g/mol. The molecule has 0 unspecified atom stereocenters. The summed E-state index contributed by atoms with van der Waals surface area (Å²) >= 11 is 0. The largest absolute Gasteiger partial charge is 0.310 e. The Morgan fingerprint density at radius 2 is 0.476 bits per heavy atom. The fraction of sp³-hybridized carbons (Fsp3) is 0.372. The normalized spacial score (nSPS) is 18.6. The van der Waals surface area contributed by atoms with E-state index in [0.29, 0.717) is 17.8 Å². The van der Waals surface area contributed by atoms with E-state index in [-0.39, 0.29) is 16.2 Å². The molecule has 0 radical (unpaired) electrons. The van der Waals surface area contributed by atoms with Crippen LogP contribution >= 0.6 is 0 Å². The van der Waals surface area contributed by atoms with Gasteiger partial charge in [-0.15, -0.1) is 0 Å². The highest BCUT2D eigenvalue weighted by atomic mass is 15.2. The van der Waals surface area contributed by atoms with Crippen molar-refractivity contribution in [3.63, 3.8) is 0 Å². The summed E-state index contributed by atoms with van der Waals surface area (Å²) < 4.78 is 0. The number of hydrogen-bond acceptors (Lipinski definition) is 3. The highest BCUT2D eigenvalue weighted by Gasteiger charge is 2.41. The molecule has 13 aromatic rings. The van der Waals surface area contributed by atoms with Gasteiger partial charge >= 0.3 is 0 Å². The van der Waals surface area contributed by atoms with Crippen molar-refractivity contribution < 1.29 is 0 Å². The topological polar surface area (TPSA) is 9.72 Å². The molecular formula is C121H131N3. The molecule has 22 rings (SSSR count). The lowest BCUT2D eigenvalue weighted by molar-refractivity contribution is 0.443. The van der Waals surface area contributed by atoms with E-state index in [1.807, 2.05) is 0 Å². The molecule has 0 atom stereocenters. The lowest BCUT2D eigenvalue weighted by Crippen LogP contribution is -2.18. The summed E-state index contributed by atoms with van der Waals surface area (Å²) in [6, 6.07) is 110. The van der Waals surface area contributed by atoms with E-state index in [2.05, 4.69) is 341 Å². The highest BCUT2D eigenvalue weighted by molar-refractivity contribution is 5.92. The predicted molar refractivity (Wildman–Crippen MR) is 529 cm³/mol. The second-order valence-electron chi connectivity index (χ2n) is 40.4. The molecule has 13 aromatic carbocycles. The lowest BCUT2D eigenvalue weighted by Gasteiger charge is -2.33. The van der Waals surface area contributed by atoms with Crippen LogP contribution in [0, 0.1) is 0 Å². The Morgan fingerprint density at radius 1 is 0.185 bits per heavy atom. The van der Waals surface area contributed by atoms with Gasteiger partial charge in [-0.25, -0.2) is 0 Å². The van der Waals surface area contributed by atoms with Crippen LogP contribution in [0.5, 0.6) is 0 Å². The second-order valence-corrected chi connectivity index (χ2v) is 40.4. The predicted octanol–water partition coefficient (Wildman–Crippen LogP) is 35.8. The molecule has 0 aromatic heterocycles. The molecule has 3 nitrogen and oxygen atoms in total. The maximum absolute atomic E-state index is 2.57. The zero-order chi connectivity index (χ0) is 83.9. The number of benzene rings is 13. The summed E-state index contributed by atoms with van der Waals surface area (Å²) in [5, 5.41) is 2.56. The van der Waals surface area contributed by atoms with Gasteiger partial charge in [0.05, 0.1) is 0 Å². The van der Waals surface area contributed by atoms with Gasteiger partial charge in [0.2, 0.25) is 0 Å². The van der Waals surface area contributed by atoms with Gasteiger partial charge in [-0.1, -0.05) is 339 Å². The van der Waals surface area contributed by atoms with Crippen molar-refractivity contribution in [2.75, 3.05) is 14.7 Å². The van der Waals surface area contributed by atoms with Gasteiger partial charge < -0.3 is 14.7 Å². The molecule has 6 saturated carbocycles. The Bertz CT molecular complexity index is 5910. The Balaban J connectivity index is 0.000000118. The summed E-state index contributed by atoms with van der Waals surface area (Å²) in [7, 11) is 0. The molecule has 9 aliphatic carbocycles. The molecule has 9 aliphatic rings. The quantitative estimate of drug-likeness (QED) is 0.101. The average Bonchev–Trinajstić information content (AvgIpc) is 1.58. The summed E-state index contributed by atoms with van der Waals surface area (Å²) in [4.78, 5) is 7.55. The van der Waals surface area contributed by atoms with Gasteiger partial charge in [-0.3, -0.25) is 0 Å². The summed E-state index contributed by atoms with van der Waals surface area (Å²) in [5.41, 5.74) is 37.5. The smallest absolute Gasteiger partial charge is 0.0496 e. The first-order valence-corrected chi connectivity index (χ1v) is 48.9. The van der Waals surface area contributed by atoms with E-state index < -0.39 is 0 Å². The number of para-hydroxylation sites is 1. The summed E-state index contributed by atoms with van der Waals surface area (Å²) in [6.45, 7) is 14.4. The average molecular weight is 1630 g/mol. The lowest BCUT2D eigenvalue weighted by atomic mass is 9.79. The molecule has 0 N–H and O–H groups in total. The van der Waals surface area contributed by atoms with Crippen LogP contribution in [0.25, 0.3) is 44.2 Å². The Hall–Kier alpha value is -10.5. The SMILES string of the molecule is CC1(C)c2cc(C3CCCCC3)ccc2-c2ccc(N(c3ccc(C4CCCCC4)cc3)c3ccc4ccccc4c3)cc21.CC1(C)c2ccccc2-c2ccc(N(c3ccc(C4CCCCC4)cc3)c3cccc(C4CCCCC4)c3)cc21.CC1(C)c2ccccc2-c2ccc(N(c3ccc(C4CCCCC4)cc3)c3ccccc3C3CCCCC3)cc21. The number of anilines is 9. The number of nitrogens with zero attached hydrogens (tertiary/aromatic N) is 3. The van der Waals surface area contributed by atoms with Crippen molar-refractivity contribution in [1.29, 1.82) is 0 Å². The second kappa shape index (κ2) is 35.5. The fourth-order valence-corrected chi connectivity index (χ4v) is 24.7. The Kier molecular flexibility index (Phi) is 23.4. The number of rotatable bonds is 15.